The van der Waals surface area contributed by atoms with E-state index in [0.29, 0.717) is 56.3 Å². The molecular formula is C26H32ClF2N5O2. The Morgan fingerprint density at radius 3 is 2.56 bits per heavy atom. The van der Waals surface area contributed by atoms with Gasteiger partial charge < -0.3 is 14.9 Å². The van der Waals surface area contributed by atoms with E-state index in [1.54, 1.807) is 17.0 Å². The molecule has 2 aliphatic heterocycles. The molecule has 0 saturated carbocycles. The van der Waals surface area contributed by atoms with Gasteiger partial charge in [-0.1, -0.05) is 30.7 Å². The molecule has 2 aromatic rings. The summed E-state index contributed by atoms with van der Waals surface area (Å²) in [4.78, 5) is 28.6. The fourth-order valence-electron chi connectivity index (χ4n) is 6.12. The minimum absolute atomic E-state index is 0.0279. The number of nitrogens with zero attached hydrogens (tertiary/aromatic N) is 5. The molecule has 1 aromatic carbocycles. The summed E-state index contributed by atoms with van der Waals surface area (Å²) >= 11 is 6.10. The summed E-state index contributed by atoms with van der Waals surface area (Å²) in [7, 11) is 0. The van der Waals surface area contributed by atoms with Gasteiger partial charge >= 0.3 is 0 Å². The number of halogens is 3. The lowest BCUT2D eigenvalue weighted by atomic mass is 9.88. The van der Waals surface area contributed by atoms with Crippen molar-refractivity contribution in [3.63, 3.8) is 0 Å². The van der Waals surface area contributed by atoms with Crippen molar-refractivity contribution in [1.82, 2.24) is 19.8 Å². The van der Waals surface area contributed by atoms with Crippen LogP contribution in [0.15, 0.2) is 30.6 Å². The molecule has 1 amide bonds. The molecule has 3 aliphatic rings. The van der Waals surface area contributed by atoms with Crippen molar-refractivity contribution >= 4 is 23.3 Å². The van der Waals surface area contributed by atoms with Crippen molar-refractivity contribution in [1.29, 1.82) is 0 Å². The van der Waals surface area contributed by atoms with Gasteiger partial charge in [0, 0.05) is 42.8 Å². The highest BCUT2D eigenvalue weighted by molar-refractivity contribution is 6.30. The first-order chi connectivity index (χ1) is 17.3. The predicted octanol–water partition coefficient (Wildman–Crippen LogP) is 3.83. The maximum Gasteiger partial charge on any atom is 0.251 e. The number of hydrogen-bond acceptors (Lipinski definition) is 6. The number of piperazine rings is 1. The molecule has 2 saturated heterocycles. The number of carbonyl (C=O) groups is 1. The van der Waals surface area contributed by atoms with Gasteiger partial charge in [0.25, 0.3) is 6.43 Å². The average Bonchev–Trinajstić information content (AvgIpc) is 3.43. The Balaban J connectivity index is 1.35. The number of fused-ring (bicyclic) bond motifs is 1. The van der Waals surface area contributed by atoms with Crippen molar-refractivity contribution in [2.75, 3.05) is 44.2 Å². The van der Waals surface area contributed by atoms with Gasteiger partial charge in [-0.3, -0.25) is 9.69 Å². The number of benzene rings is 1. The highest BCUT2D eigenvalue weighted by Gasteiger charge is 2.41. The highest BCUT2D eigenvalue weighted by Crippen LogP contribution is 2.43. The lowest BCUT2D eigenvalue weighted by molar-refractivity contribution is -0.134. The molecule has 5 rings (SSSR count). The van der Waals surface area contributed by atoms with Crippen LogP contribution in [0.5, 0.6) is 0 Å². The number of hydrogen-bond donors (Lipinski definition) is 1. The van der Waals surface area contributed by atoms with Crippen molar-refractivity contribution in [2.45, 2.75) is 56.6 Å². The minimum Gasteiger partial charge on any atom is -0.387 e. The van der Waals surface area contributed by atoms with Gasteiger partial charge in [-0.25, -0.2) is 18.7 Å². The van der Waals surface area contributed by atoms with Gasteiger partial charge in [0.2, 0.25) is 5.91 Å². The van der Waals surface area contributed by atoms with E-state index in [1.165, 1.54) is 6.33 Å². The summed E-state index contributed by atoms with van der Waals surface area (Å²) in [6.45, 7) is 4.57. The maximum atomic E-state index is 13.9. The molecule has 194 valence electrons. The summed E-state index contributed by atoms with van der Waals surface area (Å²) in [5.41, 5.74) is 2.51. The van der Waals surface area contributed by atoms with Crippen LogP contribution >= 0.6 is 11.6 Å². The quantitative estimate of drug-likeness (QED) is 0.625. The highest BCUT2D eigenvalue weighted by atomic mass is 35.5. The molecule has 36 heavy (non-hydrogen) atoms. The SMILES string of the molecule is C[C@@H]1C[C@@H](O)c2ncnc(N3CCN(C(=O)[C@@H](c4ccc(Cl)cc4)[C@@H]4CCCN4CC(F)F)CC3)c21. The van der Waals surface area contributed by atoms with Gasteiger partial charge in [-0.05, 0) is 49.4 Å². The molecule has 0 spiro atoms. The van der Waals surface area contributed by atoms with E-state index in [1.807, 2.05) is 17.0 Å². The van der Waals surface area contributed by atoms with Crippen molar-refractivity contribution in [3.8, 4) is 0 Å². The lowest BCUT2D eigenvalue weighted by Crippen LogP contribution is -2.53. The molecule has 0 radical (unpaired) electrons. The average molecular weight is 520 g/mol. The topological polar surface area (TPSA) is 72.8 Å². The number of aliphatic hydroxyl groups is 1. The zero-order valence-electron chi connectivity index (χ0n) is 20.4. The number of carbonyl (C=O) groups excluding carboxylic acids is 1. The number of anilines is 1. The van der Waals surface area contributed by atoms with Crippen LogP contribution in [0, 0.1) is 0 Å². The van der Waals surface area contributed by atoms with Crippen LogP contribution in [0.25, 0.3) is 0 Å². The predicted molar refractivity (Wildman–Crippen MR) is 134 cm³/mol. The largest absolute Gasteiger partial charge is 0.387 e. The second-order valence-corrected chi connectivity index (χ2v) is 10.5. The zero-order valence-corrected chi connectivity index (χ0v) is 21.1. The van der Waals surface area contributed by atoms with E-state index in [0.717, 1.165) is 23.4 Å². The summed E-state index contributed by atoms with van der Waals surface area (Å²) in [6, 6.07) is 6.94. The van der Waals surface area contributed by atoms with Crippen LogP contribution in [0.3, 0.4) is 0 Å². The Bertz CT molecular complexity index is 1080. The zero-order chi connectivity index (χ0) is 25.4. The van der Waals surface area contributed by atoms with E-state index < -0.39 is 18.4 Å². The first-order valence-electron chi connectivity index (χ1n) is 12.7. The molecule has 1 aromatic heterocycles. The van der Waals surface area contributed by atoms with E-state index in [2.05, 4.69) is 21.8 Å². The number of alkyl halides is 2. The fourth-order valence-corrected chi connectivity index (χ4v) is 6.25. The Morgan fingerprint density at radius 1 is 1.14 bits per heavy atom. The maximum absolute atomic E-state index is 13.9. The first kappa shape index (κ1) is 25.3. The Kier molecular flexibility index (Phi) is 7.42. The lowest BCUT2D eigenvalue weighted by Gasteiger charge is -2.40. The number of aliphatic hydroxyl groups excluding tert-OH is 1. The molecule has 4 atom stereocenters. The van der Waals surface area contributed by atoms with Gasteiger partial charge in [0.15, 0.2) is 0 Å². The van der Waals surface area contributed by atoms with Gasteiger partial charge in [-0.15, -0.1) is 0 Å². The van der Waals surface area contributed by atoms with E-state index in [-0.39, 0.29) is 24.4 Å². The van der Waals surface area contributed by atoms with Crippen LogP contribution in [-0.2, 0) is 4.79 Å². The molecule has 1 N–H and O–H groups in total. The second kappa shape index (κ2) is 10.6. The van der Waals surface area contributed by atoms with E-state index in [9.17, 15) is 18.7 Å². The van der Waals surface area contributed by atoms with Gasteiger partial charge in [0.05, 0.1) is 24.3 Å². The normalized spacial score (nSPS) is 25.4. The monoisotopic (exact) mass is 519 g/mol. The molecule has 1 aliphatic carbocycles. The number of likely N-dealkylation sites (tertiary alicyclic amines) is 1. The second-order valence-electron chi connectivity index (χ2n) is 10.1. The van der Waals surface area contributed by atoms with E-state index in [4.69, 9.17) is 11.6 Å². The van der Waals surface area contributed by atoms with E-state index >= 15 is 0 Å². The smallest absolute Gasteiger partial charge is 0.251 e. The molecular weight excluding hydrogens is 488 g/mol. The molecule has 7 nitrogen and oxygen atoms in total. The standard InChI is InChI=1S/C26H32ClF2N5O2/c1-16-13-20(35)24-22(16)25(31-15-30-24)32-9-11-33(12-10-32)26(36)23(17-4-6-18(27)7-5-17)19-3-2-8-34(19)14-21(28)29/h4-7,15-16,19-21,23,35H,2-3,8-14H2,1H3/t16-,19+,20-,23+/m1/s1. The summed E-state index contributed by atoms with van der Waals surface area (Å²) in [6.07, 6.45) is 0.637. The van der Waals surface area contributed by atoms with Crippen LogP contribution in [-0.4, -0.2) is 82.5 Å². The summed E-state index contributed by atoms with van der Waals surface area (Å²) in [5.74, 6) is 0.459. The number of amides is 1. The van der Waals surface area contributed by atoms with Crippen LogP contribution in [0.1, 0.15) is 60.9 Å². The molecule has 0 bridgehead atoms. The number of rotatable bonds is 6. The molecule has 10 heteroatoms. The van der Waals surface area contributed by atoms with Crippen LogP contribution in [0.4, 0.5) is 14.6 Å². The summed E-state index contributed by atoms with van der Waals surface area (Å²) < 4.78 is 26.6. The third-order valence-corrected chi connectivity index (χ3v) is 8.09. The third-order valence-electron chi connectivity index (χ3n) is 7.84. The first-order valence-corrected chi connectivity index (χ1v) is 13.1. The Hall–Kier alpha value is -2.36. The molecule has 3 heterocycles. The van der Waals surface area contributed by atoms with Gasteiger partial charge in [0.1, 0.15) is 12.1 Å². The van der Waals surface area contributed by atoms with Crippen LogP contribution < -0.4 is 4.90 Å². The minimum atomic E-state index is -2.44. The van der Waals surface area contributed by atoms with Crippen LogP contribution in [0.2, 0.25) is 5.02 Å². The third kappa shape index (κ3) is 4.93. The Labute approximate surface area is 215 Å². The number of aromatic nitrogens is 2. The Morgan fingerprint density at radius 2 is 1.86 bits per heavy atom. The summed E-state index contributed by atoms with van der Waals surface area (Å²) in [5, 5.41) is 10.9. The van der Waals surface area contributed by atoms with Gasteiger partial charge in [-0.2, -0.15) is 0 Å². The molecule has 2 fully saturated rings. The van der Waals surface area contributed by atoms with Crippen molar-refractivity contribution in [2.24, 2.45) is 0 Å². The van der Waals surface area contributed by atoms with Crippen molar-refractivity contribution < 1.29 is 18.7 Å². The fraction of sp³-hybridized carbons (Fsp3) is 0.577. The molecule has 0 unspecified atom stereocenters. The van der Waals surface area contributed by atoms with Crippen molar-refractivity contribution in [3.05, 3.63) is 52.4 Å².